The number of rotatable bonds is 3. The highest BCUT2D eigenvalue weighted by atomic mass is 16.2. The van der Waals surface area contributed by atoms with Crippen LogP contribution in [0, 0.1) is 13.8 Å². The van der Waals surface area contributed by atoms with E-state index < -0.39 is 0 Å². The van der Waals surface area contributed by atoms with Crippen LogP contribution < -0.4 is 5.32 Å². The van der Waals surface area contributed by atoms with Crippen LogP contribution in [0.15, 0.2) is 18.2 Å². The number of hydrogen-bond acceptors (Lipinski definition) is 4. The van der Waals surface area contributed by atoms with Crippen molar-refractivity contribution in [2.24, 2.45) is 0 Å². The Morgan fingerprint density at radius 1 is 1.00 bits per heavy atom. The number of anilines is 1. The standard InChI is InChI=1S/C22H29N5O2/c1-15-7-8-17(14-16(15)2)23-21(28)20-24-19(18-6-4-5-9-27(18)20)22(29)26-12-10-25(3)11-13-26/h7-8,14H,4-6,9-13H2,1-3H3,(H,23,28). The smallest absolute Gasteiger partial charge is 0.291 e. The molecule has 1 N–H and O–H groups in total. The van der Waals surface area contributed by atoms with Gasteiger partial charge in [-0.1, -0.05) is 6.07 Å². The molecule has 0 aliphatic carbocycles. The molecule has 2 amide bonds. The van der Waals surface area contributed by atoms with Crippen molar-refractivity contribution in [2.45, 2.75) is 39.7 Å². The van der Waals surface area contributed by atoms with Crippen molar-refractivity contribution in [1.29, 1.82) is 0 Å². The first-order valence-corrected chi connectivity index (χ1v) is 10.4. The van der Waals surface area contributed by atoms with E-state index in [4.69, 9.17) is 0 Å². The molecule has 1 aromatic carbocycles. The number of aromatic nitrogens is 2. The number of carbonyl (C=O) groups excluding carboxylic acids is 2. The molecule has 0 bridgehead atoms. The highest BCUT2D eigenvalue weighted by Crippen LogP contribution is 2.24. The molecule has 2 aromatic rings. The van der Waals surface area contributed by atoms with Gasteiger partial charge in [-0.15, -0.1) is 0 Å². The number of nitrogens with one attached hydrogen (secondary N) is 1. The van der Waals surface area contributed by atoms with Gasteiger partial charge in [0.2, 0.25) is 0 Å². The van der Waals surface area contributed by atoms with Crippen LogP contribution in [0.1, 0.15) is 50.8 Å². The van der Waals surface area contributed by atoms with E-state index in [1.165, 1.54) is 5.56 Å². The molecule has 2 aliphatic rings. The van der Waals surface area contributed by atoms with Gasteiger partial charge in [-0.2, -0.15) is 0 Å². The number of piperazine rings is 1. The third kappa shape index (κ3) is 3.92. The molecule has 1 aromatic heterocycles. The van der Waals surface area contributed by atoms with E-state index in [2.05, 4.69) is 22.2 Å². The van der Waals surface area contributed by atoms with Gasteiger partial charge >= 0.3 is 0 Å². The summed E-state index contributed by atoms with van der Waals surface area (Å²) in [5, 5.41) is 2.96. The maximum Gasteiger partial charge on any atom is 0.291 e. The number of likely N-dealkylation sites (N-methyl/N-ethyl adjacent to an activating group) is 1. The Morgan fingerprint density at radius 3 is 2.48 bits per heavy atom. The Labute approximate surface area is 171 Å². The van der Waals surface area contributed by atoms with Gasteiger partial charge in [-0.3, -0.25) is 9.59 Å². The summed E-state index contributed by atoms with van der Waals surface area (Å²) in [6, 6.07) is 5.86. The average Bonchev–Trinajstić information content (AvgIpc) is 3.11. The molecule has 29 heavy (non-hydrogen) atoms. The second-order valence-corrected chi connectivity index (χ2v) is 8.19. The third-order valence-electron chi connectivity index (χ3n) is 6.08. The van der Waals surface area contributed by atoms with Crippen molar-refractivity contribution in [3.05, 3.63) is 46.5 Å². The summed E-state index contributed by atoms with van der Waals surface area (Å²) < 4.78 is 1.95. The molecule has 0 saturated carbocycles. The average molecular weight is 396 g/mol. The number of aryl methyl sites for hydroxylation is 2. The summed E-state index contributed by atoms with van der Waals surface area (Å²) in [6.45, 7) is 7.92. The number of nitrogens with zero attached hydrogens (tertiary/aromatic N) is 4. The molecule has 1 fully saturated rings. The molecule has 7 heteroatoms. The lowest BCUT2D eigenvalue weighted by Gasteiger charge is -2.32. The molecule has 1 saturated heterocycles. The normalized spacial score (nSPS) is 17.1. The number of imidazole rings is 1. The van der Waals surface area contributed by atoms with Gasteiger partial charge < -0.3 is 19.7 Å². The van der Waals surface area contributed by atoms with Crippen molar-refractivity contribution in [2.75, 3.05) is 38.5 Å². The first-order valence-electron chi connectivity index (χ1n) is 10.4. The van der Waals surface area contributed by atoms with Crippen molar-refractivity contribution in [3.8, 4) is 0 Å². The molecule has 2 aliphatic heterocycles. The minimum Gasteiger partial charge on any atom is -0.335 e. The molecule has 0 atom stereocenters. The van der Waals surface area contributed by atoms with Gasteiger partial charge in [0.25, 0.3) is 11.8 Å². The molecule has 7 nitrogen and oxygen atoms in total. The number of fused-ring (bicyclic) bond motifs is 1. The molecule has 3 heterocycles. The topological polar surface area (TPSA) is 70.5 Å². The van der Waals surface area contributed by atoms with E-state index in [9.17, 15) is 9.59 Å². The van der Waals surface area contributed by atoms with Crippen LogP contribution in [0.4, 0.5) is 5.69 Å². The van der Waals surface area contributed by atoms with E-state index in [1.807, 2.05) is 41.5 Å². The zero-order chi connectivity index (χ0) is 20.5. The predicted molar refractivity (Wildman–Crippen MR) is 112 cm³/mol. The lowest BCUT2D eigenvalue weighted by molar-refractivity contribution is 0.0657. The fourth-order valence-corrected chi connectivity index (χ4v) is 4.05. The second-order valence-electron chi connectivity index (χ2n) is 8.19. The number of amides is 2. The molecule has 154 valence electrons. The number of hydrogen-bond donors (Lipinski definition) is 1. The number of carbonyl (C=O) groups is 2. The van der Waals surface area contributed by atoms with Gasteiger partial charge in [-0.05, 0) is 63.4 Å². The quantitative estimate of drug-likeness (QED) is 0.867. The Kier molecular flexibility index (Phi) is 5.41. The number of benzene rings is 1. The Bertz CT molecular complexity index is 941. The third-order valence-corrected chi connectivity index (χ3v) is 6.08. The fourth-order valence-electron chi connectivity index (χ4n) is 4.05. The first kappa shape index (κ1) is 19.6. The van der Waals surface area contributed by atoms with Gasteiger partial charge in [0, 0.05) is 38.4 Å². The minimum absolute atomic E-state index is 0.0472. The van der Waals surface area contributed by atoms with Crippen LogP contribution in [0.25, 0.3) is 0 Å². The first-order chi connectivity index (χ1) is 13.9. The van der Waals surface area contributed by atoms with Gasteiger partial charge in [0.1, 0.15) is 5.69 Å². The molecular weight excluding hydrogens is 366 g/mol. The summed E-state index contributed by atoms with van der Waals surface area (Å²) in [5.74, 6) is 0.0400. The zero-order valence-electron chi connectivity index (χ0n) is 17.5. The molecule has 4 rings (SSSR count). The molecule has 0 spiro atoms. The van der Waals surface area contributed by atoms with Crippen molar-refractivity contribution >= 4 is 17.5 Å². The SMILES string of the molecule is Cc1ccc(NC(=O)c2nc(C(=O)N3CCN(C)CC3)c3n2CCCC3)cc1C. The second kappa shape index (κ2) is 7.99. The van der Waals surface area contributed by atoms with Gasteiger partial charge in [0.05, 0.1) is 5.69 Å². The maximum absolute atomic E-state index is 13.2. The van der Waals surface area contributed by atoms with Crippen LogP contribution in [0.3, 0.4) is 0 Å². The highest BCUT2D eigenvalue weighted by molar-refractivity contribution is 6.03. The van der Waals surface area contributed by atoms with Crippen LogP contribution in [0.5, 0.6) is 0 Å². The zero-order valence-corrected chi connectivity index (χ0v) is 17.5. The van der Waals surface area contributed by atoms with Crippen molar-refractivity contribution < 1.29 is 9.59 Å². The minimum atomic E-state index is -0.256. The molecular formula is C22H29N5O2. The lowest BCUT2D eigenvalue weighted by Crippen LogP contribution is -2.47. The summed E-state index contributed by atoms with van der Waals surface area (Å²) in [7, 11) is 2.07. The summed E-state index contributed by atoms with van der Waals surface area (Å²) in [5.41, 5.74) is 4.42. The lowest BCUT2D eigenvalue weighted by atomic mass is 10.1. The molecule has 0 radical (unpaired) electrons. The van der Waals surface area contributed by atoms with Crippen LogP contribution in [-0.4, -0.2) is 64.4 Å². The van der Waals surface area contributed by atoms with Crippen molar-refractivity contribution in [1.82, 2.24) is 19.4 Å². The van der Waals surface area contributed by atoms with E-state index >= 15 is 0 Å². The van der Waals surface area contributed by atoms with E-state index in [-0.39, 0.29) is 11.8 Å². The monoisotopic (exact) mass is 395 g/mol. The molecule has 0 unspecified atom stereocenters. The Balaban J connectivity index is 1.61. The van der Waals surface area contributed by atoms with Crippen LogP contribution in [0.2, 0.25) is 0 Å². The summed E-state index contributed by atoms with van der Waals surface area (Å²) in [6.07, 6.45) is 2.81. The summed E-state index contributed by atoms with van der Waals surface area (Å²) >= 11 is 0. The van der Waals surface area contributed by atoms with E-state index in [0.717, 1.165) is 55.8 Å². The fraction of sp³-hybridized carbons (Fsp3) is 0.500. The maximum atomic E-state index is 13.2. The van der Waals surface area contributed by atoms with E-state index in [0.29, 0.717) is 24.6 Å². The van der Waals surface area contributed by atoms with Gasteiger partial charge in [0.15, 0.2) is 5.82 Å². The van der Waals surface area contributed by atoms with Crippen LogP contribution >= 0.6 is 0 Å². The summed E-state index contributed by atoms with van der Waals surface area (Å²) in [4.78, 5) is 34.8. The Hall–Kier alpha value is -2.67. The van der Waals surface area contributed by atoms with E-state index in [1.54, 1.807) is 0 Å². The Morgan fingerprint density at radius 2 is 1.76 bits per heavy atom. The predicted octanol–water partition coefficient (Wildman–Crippen LogP) is 2.48. The van der Waals surface area contributed by atoms with Crippen molar-refractivity contribution in [3.63, 3.8) is 0 Å². The largest absolute Gasteiger partial charge is 0.335 e. The van der Waals surface area contributed by atoms with Crippen LogP contribution in [-0.2, 0) is 13.0 Å². The highest BCUT2D eigenvalue weighted by Gasteiger charge is 2.31. The van der Waals surface area contributed by atoms with Gasteiger partial charge in [-0.25, -0.2) is 4.98 Å².